The minimum atomic E-state index is 0.564. The lowest BCUT2D eigenvalue weighted by atomic mass is 10.1. The Bertz CT molecular complexity index is 778. The number of benzene rings is 1. The topological polar surface area (TPSA) is 34.4 Å². The monoisotopic (exact) mass is 284 g/mol. The first-order chi connectivity index (χ1) is 9.69. The molecule has 2 heterocycles. The van der Waals surface area contributed by atoms with Crippen molar-refractivity contribution in [3.05, 3.63) is 70.1 Å². The molecule has 2 aromatic heterocycles. The smallest absolute Gasteiger partial charge is 0.168 e. The van der Waals surface area contributed by atoms with Crippen LogP contribution in [0.3, 0.4) is 0 Å². The fourth-order valence-corrected chi connectivity index (χ4v) is 2.64. The van der Waals surface area contributed by atoms with Crippen LogP contribution in [0.1, 0.15) is 27.3 Å². The summed E-state index contributed by atoms with van der Waals surface area (Å²) in [5.41, 5.74) is 4.20. The number of carbonyl (C=O) groups excluding carboxylic acids is 1. The van der Waals surface area contributed by atoms with Gasteiger partial charge in [0.1, 0.15) is 11.3 Å². The molecule has 0 saturated carbocycles. The van der Waals surface area contributed by atoms with Gasteiger partial charge in [0.15, 0.2) is 6.29 Å². The van der Waals surface area contributed by atoms with Crippen LogP contribution < -0.4 is 0 Å². The highest BCUT2D eigenvalue weighted by Crippen LogP contribution is 2.21. The van der Waals surface area contributed by atoms with Crippen molar-refractivity contribution in [2.24, 2.45) is 0 Å². The van der Waals surface area contributed by atoms with Crippen molar-refractivity contribution in [2.45, 2.75) is 13.3 Å². The maximum atomic E-state index is 11.4. The van der Waals surface area contributed by atoms with Crippen LogP contribution >= 0.6 is 11.6 Å². The zero-order valence-corrected chi connectivity index (χ0v) is 11.8. The third kappa shape index (κ3) is 2.21. The number of carbonyl (C=O) groups is 1. The molecule has 0 radical (unpaired) electrons. The lowest BCUT2D eigenvalue weighted by molar-refractivity contribution is 0.111. The molecule has 0 aliphatic carbocycles. The first-order valence-corrected chi connectivity index (χ1v) is 6.73. The van der Waals surface area contributed by atoms with E-state index in [9.17, 15) is 4.79 Å². The Morgan fingerprint density at radius 1 is 1.30 bits per heavy atom. The number of fused-ring (bicyclic) bond motifs is 1. The van der Waals surface area contributed by atoms with Crippen molar-refractivity contribution in [3.8, 4) is 0 Å². The van der Waals surface area contributed by atoms with Gasteiger partial charge in [-0.1, -0.05) is 41.9 Å². The van der Waals surface area contributed by atoms with Crippen molar-refractivity contribution in [2.75, 3.05) is 0 Å². The molecular formula is C16H13ClN2O. The van der Waals surface area contributed by atoms with Gasteiger partial charge in [-0.05, 0) is 24.1 Å². The van der Waals surface area contributed by atoms with Gasteiger partial charge in [0.05, 0.1) is 10.7 Å². The Hall–Kier alpha value is -2.13. The quantitative estimate of drug-likeness (QED) is 0.687. The molecule has 1 aromatic carbocycles. The predicted molar refractivity (Wildman–Crippen MR) is 79.6 cm³/mol. The number of hydrogen-bond donors (Lipinski definition) is 0. The minimum absolute atomic E-state index is 0.564. The Balaban J connectivity index is 2.16. The molecule has 3 aromatic rings. The van der Waals surface area contributed by atoms with Crippen LogP contribution in [0.15, 0.2) is 42.6 Å². The third-order valence-corrected chi connectivity index (χ3v) is 3.52. The number of aryl methyl sites for hydroxylation is 1. The standard InChI is InChI=1S/C16H13ClN2O/c1-11-7-13(17)9-19-15(10-20)14(18-16(11)19)8-12-5-3-2-4-6-12/h2-7,9-10H,8H2,1H3. The SMILES string of the molecule is Cc1cc(Cl)cn2c(C=O)c(Cc3ccccc3)nc12. The fraction of sp³-hybridized carbons (Fsp3) is 0.125. The lowest BCUT2D eigenvalue weighted by Crippen LogP contribution is -1.96. The summed E-state index contributed by atoms with van der Waals surface area (Å²) in [6, 6.07) is 11.8. The predicted octanol–water partition coefficient (Wildman–Crippen LogP) is 3.70. The molecule has 0 N–H and O–H groups in total. The van der Waals surface area contributed by atoms with E-state index < -0.39 is 0 Å². The van der Waals surface area contributed by atoms with E-state index in [4.69, 9.17) is 11.6 Å². The summed E-state index contributed by atoms with van der Waals surface area (Å²) in [5, 5.41) is 0.599. The largest absolute Gasteiger partial charge is 0.296 e. The highest BCUT2D eigenvalue weighted by molar-refractivity contribution is 6.30. The van der Waals surface area contributed by atoms with Crippen molar-refractivity contribution >= 4 is 23.5 Å². The maximum absolute atomic E-state index is 11.4. The number of hydrogen-bond acceptors (Lipinski definition) is 2. The third-order valence-electron chi connectivity index (χ3n) is 3.31. The van der Waals surface area contributed by atoms with E-state index in [0.29, 0.717) is 17.1 Å². The first-order valence-electron chi connectivity index (χ1n) is 6.35. The summed E-state index contributed by atoms with van der Waals surface area (Å²) in [7, 11) is 0. The number of imidazole rings is 1. The fourth-order valence-electron chi connectivity index (χ4n) is 2.38. The van der Waals surface area contributed by atoms with Gasteiger partial charge >= 0.3 is 0 Å². The van der Waals surface area contributed by atoms with Crippen molar-refractivity contribution < 1.29 is 4.79 Å². The van der Waals surface area contributed by atoms with Gasteiger partial charge in [0.25, 0.3) is 0 Å². The van der Waals surface area contributed by atoms with Crippen molar-refractivity contribution in [1.82, 2.24) is 9.38 Å². The minimum Gasteiger partial charge on any atom is -0.296 e. The number of aromatic nitrogens is 2. The van der Waals surface area contributed by atoms with Gasteiger partial charge in [-0.15, -0.1) is 0 Å². The van der Waals surface area contributed by atoms with Crippen LogP contribution in [0.25, 0.3) is 5.65 Å². The lowest BCUT2D eigenvalue weighted by Gasteiger charge is -2.00. The summed E-state index contributed by atoms with van der Waals surface area (Å²) in [5.74, 6) is 0. The molecule has 0 amide bonds. The number of aldehydes is 1. The van der Waals surface area contributed by atoms with E-state index in [1.807, 2.05) is 43.3 Å². The zero-order valence-electron chi connectivity index (χ0n) is 11.0. The number of halogens is 1. The van der Waals surface area contributed by atoms with Gasteiger partial charge in [-0.25, -0.2) is 4.98 Å². The number of rotatable bonds is 3. The van der Waals surface area contributed by atoms with Crippen molar-refractivity contribution in [3.63, 3.8) is 0 Å². The van der Waals surface area contributed by atoms with Gasteiger partial charge in [-0.2, -0.15) is 0 Å². The first kappa shape index (κ1) is 12.9. The molecule has 0 fully saturated rings. The molecule has 20 heavy (non-hydrogen) atoms. The molecule has 0 bridgehead atoms. The Morgan fingerprint density at radius 2 is 2.05 bits per heavy atom. The molecule has 4 heteroatoms. The van der Waals surface area contributed by atoms with Gasteiger partial charge in [0, 0.05) is 12.6 Å². The van der Waals surface area contributed by atoms with E-state index in [2.05, 4.69) is 4.98 Å². The molecule has 0 unspecified atom stereocenters. The second kappa shape index (κ2) is 5.10. The van der Waals surface area contributed by atoms with Crippen molar-refractivity contribution in [1.29, 1.82) is 0 Å². The summed E-state index contributed by atoms with van der Waals surface area (Å²) in [4.78, 5) is 16.0. The molecule has 0 aliphatic rings. The Morgan fingerprint density at radius 3 is 2.75 bits per heavy atom. The molecular weight excluding hydrogens is 272 g/mol. The molecule has 100 valence electrons. The van der Waals surface area contributed by atoms with E-state index >= 15 is 0 Å². The average molecular weight is 285 g/mol. The average Bonchev–Trinajstić information content (AvgIpc) is 2.77. The van der Waals surface area contributed by atoms with Crippen LogP contribution in [-0.4, -0.2) is 15.7 Å². The number of pyridine rings is 1. The van der Waals surface area contributed by atoms with E-state index in [0.717, 1.165) is 28.8 Å². The zero-order chi connectivity index (χ0) is 14.1. The Kier molecular flexibility index (Phi) is 3.28. The summed E-state index contributed by atoms with van der Waals surface area (Å²) < 4.78 is 1.77. The Labute approximate surface area is 121 Å². The molecule has 3 nitrogen and oxygen atoms in total. The van der Waals surface area contributed by atoms with Crippen LogP contribution in [0.4, 0.5) is 0 Å². The highest BCUT2D eigenvalue weighted by Gasteiger charge is 2.14. The number of nitrogens with zero attached hydrogens (tertiary/aromatic N) is 2. The van der Waals surface area contributed by atoms with Gasteiger partial charge in [0.2, 0.25) is 0 Å². The van der Waals surface area contributed by atoms with E-state index in [1.54, 1.807) is 10.6 Å². The van der Waals surface area contributed by atoms with E-state index in [-0.39, 0.29) is 0 Å². The molecule has 0 saturated heterocycles. The maximum Gasteiger partial charge on any atom is 0.168 e. The molecule has 0 atom stereocenters. The highest BCUT2D eigenvalue weighted by atomic mass is 35.5. The van der Waals surface area contributed by atoms with Crippen LogP contribution in [0, 0.1) is 6.92 Å². The second-order valence-electron chi connectivity index (χ2n) is 4.76. The molecule has 0 aliphatic heterocycles. The summed E-state index contributed by atoms with van der Waals surface area (Å²) >= 11 is 6.06. The second-order valence-corrected chi connectivity index (χ2v) is 5.20. The summed E-state index contributed by atoms with van der Waals surface area (Å²) in [6.45, 7) is 1.94. The summed E-state index contributed by atoms with van der Waals surface area (Å²) in [6.07, 6.45) is 3.21. The van der Waals surface area contributed by atoms with E-state index in [1.165, 1.54) is 0 Å². The van der Waals surface area contributed by atoms with Crippen LogP contribution in [-0.2, 0) is 6.42 Å². The van der Waals surface area contributed by atoms with Crippen LogP contribution in [0.2, 0.25) is 5.02 Å². The normalized spacial score (nSPS) is 10.9. The van der Waals surface area contributed by atoms with Gasteiger partial charge < -0.3 is 0 Å². The molecule has 0 spiro atoms. The van der Waals surface area contributed by atoms with Gasteiger partial charge in [-0.3, -0.25) is 9.20 Å². The van der Waals surface area contributed by atoms with Crippen LogP contribution in [0.5, 0.6) is 0 Å². The molecule has 3 rings (SSSR count).